The fourth-order valence-electron chi connectivity index (χ4n) is 4.70. The van der Waals surface area contributed by atoms with Gasteiger partial charge in [0.05, 0.1) is 5.70 Å². The summed E-state index contributed by atoms with van der Waals surface area (Å²) in [6, 6.07) is 16.7. The number of nitrogens with zero attached hydrogens (tertiary/aromatic N) is 3. The quantitative estimate of drug-likeness (QED) is 0.103. The van der Waals surface area contributed by atoms with Gasteiger partial charge in [0.25, 0.3) is 0 Å². The molecule has 1 heterocycles. The molecule has 224 valence electrons. The normalized spacial score (nSPS) is 13.4. The van der Waals surface area contributed by atoms with Gasteiger partial charge >= 0.3 is 0 Å². The second-order valence-electron chi connectivity index (χ2n) is 11.0. The number of anilines is 1. The Bertz CT molecular complexity index is 1390. The first-order valence-corrected chi connectivity index (χ1v) is 14.7. The molecule has 4 N–H and O–H groups in total. The maximum atomic E-state index is 12.1. The van der Waals surface area contributed by atoms with Crippen molar-refractivity contribution < 1.29 is 4.79 Å². The highest BCUT2D eigenvalue weighted by atomic mass is 16.1. The summed E-state index contributed by atoms with van der Waals surface area (Å²) < 4.78 is 0. The number of fused-ring (bicyclic) bond motifs is 1. The number of amides is 1. The van der Waals surface area contributed by atoms with Crippen LogP contribution in [-0.4, -0.2) is 61.2 Å². The number of para-hydroxylation sites is 1. The van der Waals surface area contributed by atoms with Crippen molar-refractivity contribution in [1.82, 2.24) is 20.5 Å². The molecule has 1 amide bonds. The molecule has 3 rings (SSSR count). The van der Waals surface area contributed by atoms with Gasteiger partial charge in [-0.25, -0.2) is 9.98 Å². The Kier molecular flexibility index (Phi) is 12.7. The van der Waals surface area contributed by atoms with Crippen LogP contribution in [0.5, 0.6) is 0 Å². The van der Waals surface area contributed by atoms with Crippen molar-refractivity contribution in [3.63, 3.8) is 0 Å². The number of aromatic nitrogens is 1. The number of likely N-dealkylation sites (N-methyl/N-ethyl adjacent to an activating group) is 1. The summed E-state index contributed by atoms with van der Waals surface area (Å²) in [5.41, 5.74) is 6.09. The second-order valence-corrected chi connectivity index (χ2v) is 11.0. The first-order valence-electron chi connectivity index (χ1n) is 14.7. The van der Waals surface area contributed by atoms with Gasteiger partial charge < -0.3 is 25.8 Å². The van der Waals surface area contributed by atoms with Gasteiger partial charge in [0, 0.05) is 59.6 Å². The summed E-state index contributed by atoms with van der Waals surface area (Å²) in [5.74, 6) is 0.411. The van der Waals surface area contributed by atoms with Crippen LogP contribution in [0, 0.1) is 0 Å². The number of carbonyl (C=O) groups excluding carboxylic acids is 1. The minimum absolute atomic E-state index is 0.123. The lowest BCUT2D eigenvalue weighted by molar-refractivity contribution is -0.111. The van der Waals surface area contributed by atoms with Gasteiger partial charge in [0.15, 0.2) is 0 Å². The number of carbonyl (C=O) groups is 1. The monoisotopic (exact) mass is 569 g/mol. The predicted molar refractivity (Wildman–Crippen MR) is 179 cm³/mol. The van der Waals surface area contributed by atoms with Gasteiger partial charge in [0.1, 0.15) is 0 Å². The number of allylic oxidation sites excluding steroid dienone is 1. The van der Waals surface area contributed by atoms with E-state index in [1.807, 2.05) is 67.7 Å². The van der Waals surface area contributed by atoms with Gasteiger partial charge in [-0.3, -0.25) is 4.79 Å². The van der Waals surface area contributed by atoms with Gasteiger partial charge in [-0.2, -0.15) is 0 Å². The molecule has 0 bridgehead atoms. The SMILES string of the molecule is C=N/C(=N\C(=C(C)C)c1c[nH]c2ccccc12)N[C@H](CC)C[C@H](CC)NCc1ccc(NC(=O)/C=C/CN(C)C)cc1. The molecule has 2 aromatic carbocycles. The molecule has 0 unspecified atom stereocenters. The average molecular weight is 570 g/mol. The summed E-state index contributed by atoms with van der Waals surface area (Å²) in [5, 5.41) is 11.3. The van der Waals surface area contributed by atoms with Crippen LogP contribution < -0.4 is 16.0 Å². The minimum atomic E-state index is -0.123. The Morgan fingerprint density at radius 1 is 1.05 bits per heavy atom. The van der Waals surface area contributed by atoms with E-state index in [1.54, 1.807) is 6.08 Å². The number of benzene rings is 2. The van der Waals surface area contributed by atoms with Crippen molar-refractivity contribution in [3.05, 3.63) is 83.6 Å². The lowest BCUT2D eigenvalue weighted by atomic mass is 10.0. The van der Waals surface area contributed by atoms with Crippen LogP contribution in [0.3, 0.4) is 0 Å². The predicted octanol–water partition coefficient (Wildman–Crippen LogP) is 6.36. The molecule has 0 aliphatic heterocycles. The van der Waals surface area contributed by atoms with E-state index < -0.39 is 0 Å². The molecule has 2 atom stereocenters. The van der Waals surface area contributed by atoms with E-state index in [1.165, 1.54) is 0 Å². The molecule has 0 fully saturated rings. The molecule has 0 aliphatic rings. The first-order chi connectivity index (χ1) is 20.2. The van der Waals surface area contributed by atoms with E-state index in [0.29, 0.717) is 12.0 Å². The summed E-state index contributed by atoms with van der Waals surface area (Å²) >= 11 is 0. The zero-order chi connectivity index (χ0) is 30.5. The Hall–Kier alpha value is -4.01. The molecule has 0 saturated heterocycles. The molecule has 8 heteroatoms. The van der Waals surface area contributed by atoms with Gasteiger partial charge in [-0.05, 0) is 83.3 Å². The molecular formula is C34H47N7O. The van der Waals surface area contributed by atoms with Crippen LogP contribution >= 0.6 is 0 Å². The third-order valence-electron chi connectivity index (χ3n) is 7.13. The molecular weight excluding hydrogens is 522 g/mol. The number of nitrogens with one attached hydrogen (secondary N) is 4. The van der Waals surface area contributed by atoms with Crippen molar-refractivity contribution in [2.24, 2.45) is 9.98 Å². The summed E-state index contributed by atoms with van der Waals surface area (Å²) in [6.07, 6.45) is 8.28. The van der Waals surface area contributed by atoms with Crippen molar-refractivity contribution >= 4 is 40.9 Å². The lowest BCUT2D eigenvalue weighted by Crippen LogP contribution is -2.40. The fraction of sp³-hybridized carbons (Fsp3) is 0.382. The van der Waals surface area contributed by atoms with Crippen molar-refractivity contribution in [2.45, 2.75) is 65.6 Å². The number of aliphatic imine (C=N–C) groups is 2. The van der Waals surface area contributed by atoms with Crippen molar-refractivity contribution in [2.75, 3.05) is 26.0 Å². The average Bonchev–Trinajstić information content (AvgIpc) is 3.40. The standard InChI is InChI=1S/C34H47N7O/c1-8-26(36-22-25-16-18-28(19-17-25)38-32(42)15-12-20-41(6)7)21-27(9-2)39-34(35-5)40-33(24(3)4)30-23-37-31-14-11-10-13-29(30)31/h10-19,23,26-27,36-37H,5,8-9,20-22H2,1-4,6-7H3,(H,38,42)(H,39,40)/b15-12+/t26-,27+/m0/s1. The van der Waals surface area contributed by atoms with E-state index in [0.717, 1.165) is 71.3 Å². The van der Waals surface area contributed by atoms with Gasteiger partial charge in [0.2, 0.25) is 11.9 Å². The Labute approximate surface area is 251 Å². The maximum absolute atomic E-state index is 12.1. The van der Waals surface area contributed by atoms with Crippen LogP contribution in [-0.2, 0) is 11.3 Å². The van der Waals surface area contributed by atoms with E-state index >= 15 is 0 Å². The Morgan fingerprint density at radius 2 is 1.76 bits per heavy atom. The Morgan fingerprint density at radius 3 is 2.40 bits per heavy atom. The summed E-state index contributed by atoms with van der Waals surface area (Å²) in [6.45, 7) is 13.8. The molecule has 0 saturated carbocycles. The van der Waals surface area contributed by atoms with Crippen LogP contribution in [0.25, 0.3) is 16.6 Å². The number of hydrogen-bond acceptors (Lipinski definition) is 4. The van der Waals surface area contributed by atoms with E-state index in [-0.39, 0.29) is 11.9 Å². The molecule has 42 heavy (non-hydrogen) atoms. The number of H-pyrrole nitrogens is 1. The minimum Gasteiger partial charge on any atom is -0.360 e. The second kappa shape index (κ2) is 16.4. The van der Waals surface area contributed by atoms with Crippen LogP contribution in [0.2, 0.25) is 0 Å². The van der Waals surface area contributed by atoms with Crippen LogP contribution in [0.15, 0.2) is 82.4 Å². The highest BCUT2D eigenvalue weighted by Gasteiger charge is 2.17. The number of aromatic amines is 1. The third kappa shape index (κ3) is 9.82. The largest absolute Gasteiger partial charge is 0.360 e. The summed E-state index contributed by atoms with van der Waals surface area (Å²) in [7, 11) is 3.93. The topological polar surface area (TPSA) is 96.9 Å². The molecule has 0 aliphatic carbocycles. The number of hydrogen-bond donors (Lipinski definition) is 4. The third-order valence-corrected chi connectivity index (χ3v) is 7.13. The van der Waals surface area contributed by atoms with E-state index in [4.69, 9.17) is 4.99 Å². The molecule has 0 radical (unpaired) electrons. The Balaban J connectivity index is 1.60. The van der Waals surface area contributed by atoms with E-state index in [2.05, 4.69) is 72.5 Å². The first kappa shape index (κ1) is 32.5. The zero-order valence-electron chi connectivity index (χ0n) is 26.0. The highest BCUT2D eigenvalue weighted by molar-refractivity contribution is 5.99. The van der Waals surface area contributed by atoms with Crippen molar-refractivity contribution in [3.8, 4) is 0 Å². The maximum Gasteiger partial charge on any atom is 0.248 e. The fourth-order valence-corrected chi connectivity index (χ4v) is 4.70. The number of guanidine groups is 1. The summed E-state index contributed by atoms with van der Waals surface area (Å²) in [4.78, 5) is 26.6. The van der Waals surface area contributed by atoms with Crippen LogP contribution in [0.4, 0.5) is 5.69 Å². The smallest absolute Gasteiger partial charge is 0.248 e. The van der Waals surface area contributed by atoms with Gasteiger partial charge in [-0.15, -0.1) is 0 Å². The van der Waals surface area contributed by atoms with Crippen LogP contribution in [0.1, 0.15) is 58.1 Å². The zero-order valence-corrected chi connectivity index (χ0v) is 26.0. The lowest BCUT2D eigenvalue weighted by Gasteiger charge is -2.24. The molecule has 3 aromatic rings. The number of rotatable bonds is 14. The van der Waals surface area contributed by atoms with E-state index in [9.17, 15) is 4.79 Å². The molecule has 0 spiro atoms. The van der Waals surface area contributed by atoms with Gasteiger partial charge in [-0.1, -0.05) is 50.3 Å². The molecule has 8 nitrogen and oxygen atoms in total. The highest BCUT2D eigenvalue weighted by Crippen LogP contribution is 2.28. The molecule has 1 aromatic heterocycles. The van der Waals surface area contributed by atoms with Crippen molar-refractivity contribution in [1.29, 1.82) is 0 Å².